The topological polar surface area (TPSA) is 124 Å². The number of hydrogen-bond acceptors (Lipinski definition) is 8. The largest absolute Gasteiger partial charge is 0.486 e. The zero-order valence-corrected chi connectivity index (χ0v) is 18.9. The minimum Gasteiger partial charge on any atom is -0.486 e. The maximum Gasteiger partial charge on any atom is 0.309 e. The summed E-state index contributed by atoms with van der Waals surface area (Å²) in [5.41, 5.74) is 0.501. The lowest BCUT2D eigenvalue weighted by molar-refractivity contribution is -0.158. The summed E-state index contributed by atoms with van der Waals surface area (Å²) in [4.78, 5) is 29.0. The molecule has 4 rings (SSSR count). The number of amides is 1. The summed E-state index contributed by atoms with van der Waals surface area (Å²) < 4.78 is 43.0. The zero-order chi connectivity index (χ0) is 23.4. The highest BCUT2D eigenvalue weighted by Gasteiger charge is 2.34. The van der Waals surface area contributed by atoms with Crippen molar-refractivity contribution in [1.29, 1.82) is 0 Å². The molecule has 2 aliphatic heterocycles. The molecule has 3 heterocycles. The fourth-order valence-corrected chi connectivity index (χ4v) is 5.10. The molecule has 11 heteroatoms. The van der Waals surface area contributed by atoms with E-state index in [0.717, 1.165) is 0 Å². The average Bonchev–Trinajstić information content (AvgIpc) is 2.84. The van der Waals surface area contributed by atoms with Crippen molar-refractivity contribution < 1.29 is 32.2 Å². The van der Waals surface area contributed by atoms with Crippen molar-refractivity contribution in [3.63, 3.8) is 0 Å². The molecule has 1 aromatic carbocycles. The van der Waals surface area contributed by atoms with Crippen molar-refractivity contribution in [2.24, 2.45) is 5.92 Å². The van der Waals surface area contributed by atoms with Gasteiger partial charge in [0.15, 0.2) is 17.6 Å². The second-order valence-electron chi connectivity index (χ2n) is 7.79. The molecule has 1 aromatic heterocycles. The van der Waals surface area contributed by atoms with E-state index in [4.69, 9.17) is 14.2 Å². The summed E-state index contributed by atoms with van der Waals surface area (Å²) in [6.45, 7) is 2.78. The molecule has 0 spiro atoms. The van der Waals surface area contributed by atoms with E-state index in [-0.39, 0.29) is 18.0 Å². The van der Waals surface area contributed by atoms with Crippen LogP contribution in [0.4, 0.5) is 5.69 Å². The van der Waals surface area contributed by atoms with Gasteiger partial charge in [0.2, 0.25) is 10.0 Å². The molecule has 33 heavy (non-hydrogen) atoms. The minimum atomic E-state index is -3.65. The van der Waals surface area contributed by atoms with Crippen LogP contribution in [0, 0.1) is 5.92 Å². The number of esters is 1. The van der Waals surface area contributed by atoms with E-state index >= 15 is 0 Å². The number of nitrogens with one attached hydrogen (secondary N) is 1. The normalized spacial score (nSPS) is 17.7. The molecule has 0 radical (unpaired) electrons. The molecule has 10 nitrogen and oxygen atoms in total. The van der Waals surface area contributed by atoms with Gasteiger partial charge in [-0.3, -0.25) is 14.6 Å². The van der Waals surface area contributed by atoms with Crippen molar-refractivity contribution in [2.45, 2.75) is 30.8 Å². The molecule has 0 aliphatic carbocycles. The lowest BCUT2D eigenvalue weighted by Gasteiger charge is -2.30. The number of anilines is 1. The number of nitrogens with zero attached hydrogens (tertiary/aromatic N) is 2. The van der Waals surface area contributed by atoms with Crippen LogP contribution in [0.5, 0.6) is 11.5 Å². The maximum atomic E-state index is 12.7. The molecule has 2 aliphatic rings. The Labute approximate surface area is 191 Å². The summed E-state index contributed by atoms with van der Waals surface area (Å²) >= 11 is 0. The van der Waals surface area contributed by atoms with Crippen molar-refractivity contribution in [2.75, 3.05) is 31.6 Å². The molecule has 176 valence electrons. The first-order valence-corrected chi connectivity index (χ1v) is 12.1. The molecule has 1 N–H and O–H groups in total. The standard InChI is InChI=1S/C22H25N3O7S/c1-15(21(26)24-17-4-5-19-20(13-17)31-12-11-30-19)32-22(27)16-6-9-25(10-7-16)33(28,29)18-3-2-8-23-14-18/h2-5,8,13-16H,6-7,9-12H2,1H3,(H,24,26). The first kappa shape index (κ1) is 23.0. The Kier molecular flexibility index (Phi) is 6.80. The van der Waals surface area contributed by atoms with Gasteiger partial charge in [-0.25, -0.2) is 8.42 Å². The number of carbonyl (C=O) groups is 2. The van der Waals surface area contributed by atoms with E-state index in [9.17, 15) is 18.0 Å². The first-order valence-electron chi connectivity index (χ1n) is 10.7. The summed E-state index contributed by atoms with van der Waals surface area (Å²) in [6.07, 6.45) is 2.43. The van der Waals surface area contributed by atoms with E-state index in [1.165, 1.54) is 29.7 Å². The lowest BCUT2D eigenvalue weighted by atomic mass is 9.98. The Balaban J connectivity index is 1.28. The van der Waals surface area contributed by atoms with Crippen LogP contribution in [0.25, 0.3) is 0 Å². The third-order valence-electron chi connectivity index (χ3n) is 5.53. The molecule has 1 amide bonds. The SMILES string of the molecule is CC(OC(=O)C1CCN(S(=O)(=O)c2cccnc2)CC1)C(=O)Nc1ccc2c(c1)OCCO2. The van der Waals surface area contributed by atoms with Crippen LogP contribution < -0.4 is 14.8 Å². The number of sulfonamides is 1. The Morgan fingerprint density at radius 2 is 1.88 bits per heavy atom. The fourth-order valence-electron chi connectivity index (χ4n) is 3.67. The predicted molar refractivity (Wildman–Crippen MR) is 117 cm³/mol. The van der Waals surface area contributed by atoms with E-state index < -0.39 is 33.9 Å². The highest BCUT2D eigenvalue weighted by atomic mass is 32.2. The number of pyridine rings is 1. The van der Waals surface area contributed by atoms with Crippen LogP contribution >= 0.6 is 0 Å². The van der Waals surface area contributed by atoms with Gasteiger partial charge in [0.05, 0.1) is 5.92 Å². The maximum absolute atomic E-state index is 12.7. The quantitative estimate of drug-likeness (QED) is 0.628. The third-order valence-corrected chi connectivity index (χ3v) is 7.41. The number of hydrogen-bond donors (Lipinski definition) is 1. The van der Waals surface area contributed by atoms with Crippen LogP contribution in [0.3, 0.4) is 0 Å². The molecule has 0 saturated carbocycles. The van der Waals surface area contributed by atoms with E-state index in [0.29, 0.717) is 43.2 Å². The van der Waals surface area contributed by atoms with Gasteiger partial charge in [0.25, 0.3) is 5.91 Å². The second kappa shape index (κ2) is 9.75. The Morgan fingerprint density at radius 3 is 2.58 bits per heavy atom. The zero-order valence-electron chi connectivity index (χ0n) is 18.1. The molecule has 1 saturated heterocycles. The van der Waals surface area contributed by atoms with Crippen molar-refractivity contribution in [3.8, 4) is 11.5 Å². The number of rotatable bonds is 6. The van der Waals surface area contributed by atoms with Crippen LogP contribution in [0.1, 0.15) is 19.8 Å². The molecule has 1 unspecified atom stereocenters. The smallest absolute Gasteiger partial charge is 0.309 e. The Bertz CT molecular complexity index is 1120. The van der Waals surface area contributed by atoms with Crippen molar-refractivity contribution in [1.82, 2.24) is 9.29 Å². The minimum absolute atomic E-state index is 0.121. The molecular weight excluding hydrogens is 450 g/mol. The Morgan fingerprint density at radius 1 is 1.15 bits per heavy atom. The number of ether oxygens (including phenoxy) is 3. The van der Waals surface area contributed by atoms with Gasteiger partial charge in [0.1, 0.15) is 18.1 Å². The van der Waals surface area contributed by atoms with Crippen molar-refractivity contribution >= 4 is 27.6 Å². The Hall–Kier alpha value is -3.18. The van der Waals surface area contributed by atoms with Crippen LogP contribution in [0.2, 0.25) is 0 Å². The lowest BCUT2D eigenvalue weighted by Crippen LogP contribution is -2.41. The van der Waals surface area contributed by atoms with Gasteiger partial charge in [-0.15, -0.1) is 0 Å². The van der Waals surface area contributed by atoms with Gasteiger partial charge in [-0.05, 0) is 44.0 Å². The van der Waals surface area contributed by atoms with Gasteiger partial charge < -0.3 is 19.5 Å². The van der Waals surface area contributed by atoms with Crippen LogP contribution in [-0.4, -0.2) is 62.0 Å². The third kappa shape index (κ3) is 5.25. The second-order valence-corrected chi connectivity index (χ2v) is 9.73. The summed E-state index contributed by atoms with van der Waals surface area (Å²) in [5, 5.41) is 2.70. The van der Waals surface area contributed by atoms with Crippen molar-refractivity contribution in [3.05, 3.63) is 42.7 Å². The first-order chi connectivity index (χ1) is 15.8. The van der Waals surface area contributed by atoms with E-state index in [1.807, 2.05) is 0 Å². The van der Waals surface area contributed by atoms with Gasteiger partial charge in [-0.2, -0.15) is 4.31 Å². The molecule has 2 aromatic rings. The number of piperidine rings is 1. The summed E-state index contributed by atoms with van der Waals surface area (Å²) in [7, 11) is -3.65. The molecule has 1 atom stereocenters. The predicted octanol–water partition coefficient (Wildman–Crippen LogP) is 1.82. The molecular formula is C22H25N3O7S. The summed E-state index contributed by atoms with van der Waals surface area (Å²) in [6, 6.07) is 8.09. The van der Waals surface area contributed by atoms with Gasteiger partial charge >= 0.3 is 5.97 Å². The van der Waals surface area contributed by atoms with Gasteiger partial charge in [0, 0.05) is 37.2 Å². The van der Waals surface area contributed by atoms with E-state index in [2.05, 4.69) is 10.3 Å². The highest BCUT2D eigenvalue weighted by Crippen LogP contribution is 2.32. The monoisotopic (exact) mass is 475 g/mol. The van der Waals surface area contributed by atoms with E-state index in [1.54, 1.807) is 24.3 Å². The summed E-state index contributed by atoms with van der Waals surface area (Å²) in [5.74, 6) is -0.322. The number of carbonyl (C=O) groups excluding carboxylic acids is 2. The molecule has 1 fully saturated rings. The molecule has 0 bridgehead atoms. The number of benzene rings is 1. The van der Waals surface area contributed by atoms with Gasteiger partial charge in [-0.1, -0.05) is 0 Å². The number of fused-ring (bicyclic) bond motifs is 1. The average molecular weight is 476 g/mol. The highest BCUT2D eigenvalue weighted by molar-refractivity contribution is 7.89. The fraction of sp³-hybridized carbons (Fsp3) is 0.409. The van der Waals surface area contributed by atoms with Crippen LogP contribution in [-0.2, 0) is 24.3 Å². The number of aromatic nitrogens is 1. The van der Waals surface area contributed by atoms with Crippen LogP contribution in [0.15, 0.2) is 47.6 Å².